The van der Waals surface area contributed by atoms with Crippen LogP contribution in [0.5, 0.6) is 0 Å². The van der Waals surface area contributed by atoms with Gasteiger partial charge in [0.25, 0.3) is 0 Å². The summed E-state index contributed by atoms with van der Waals surface area (Å²) >= 11 is 1.58. The van der Waals surface area contributed by atoms with E-state index in [1.807, 2.05) is 30.3 Å². The second-order valence-corrected chi connectivity index (χ2v) is 5.23. The Bertz CT molecular complexity index is 318. The summed E-state index contributed by atoms with van der Waals surface area (Å²) in [7, 11) is 0. The topological polar surface area (TPSA) is 49.7 Å². The van der Waals surface area contributed by atoms with Gasteiger partial charge >= 0.3 is 0 Å². The van der Waals surface area contributed by atoms with Gasteiger partial charge < -0.3 is 14.9 Å². The maximum Gasteiger partial charge on any atom is 0.110 e. The molecule has 4 atom stereocenters. The lowest BCUT2D eigenvalue weighted by molar-refractivity contribution is -0.137. The Morgan fingerprint density at radius 2 is 1.94 bits per heavy atom. The average molecular weight is 240 g/mol. The normalized spacial score (nSPS) is 34.9. The van der Waals surface area contributed by atoms with Gasteiger partial charge in [-0.1, -0.05) is 30.0 Å². The molecule has 0 aliphatic carbocycles. The number of hydrogen-bond acceptors (Lipinski definition) is 4. The molecule has 1 heterocycles. The van der Waals surface area contributed by atoms with E-state index in [4.69, 9.17) is 4.74 Å². The summed E-state index contributed by atoms with van der Waals surface area (Å²) in [4.78, 5) is 1.11. The van der Waals surface area contributed by atoms with Gasteiger partial charge in [-0.05, 0) is 19.1 Å². The Morgan fingerprint density at radius 3 is 2.56 bits per heavy atom. The Morgan fingerprint density at radius 1 is 1.25 bits per heavy atom. The molecule has 1 fully saturated rings. The minimum absolute atomic E-state index is 0.0872. The highest BCUT2D eigenvalue weighted by molar-refractivity contribution is 7.99. The molecule has 0 spiro atoms. The number of aliphatic hydroxyl groups is 2. The fourth-order valence-electron chi connectivity index (χ4n) is 1.75. The predicted octanol–water partition coefficient (Wildman–Crippen LogP) is 1.64. The fourth-order valence-corrected chi connectivity index (χ4v) is 2.89. The van der Waals surface area contributed by atoms with Gasteiger partial charge in [-0.25, -0.2) is 0 Å². The van der Waals surface area contributed by atoms with Crippen molar-refractivity contribution in [1.29, 1.82) is 0 Å². The second-order valence-electron chi connectivity index (χ2n) is 4.00. The van der Waals surface area contributed by atoms with Gasteiger partial charge in [-0.2, -0.15) is 0 Å². The highest BCUT2D eigenvalue weighted by Gasteiger charge is 2.34. The maximum absolute atomic E-state index is 9.65. The summed E-state index contributed by atoms with van der Waals surface area (Å²) in [5.41, 5.74) is -0.0872. The minimum atomic E-state index is -0.771. The Balaban J connectivity index is 1.97. The van der Waals surface area contributed by atoms with Crippen LogP contribution < -0.4 is 0 Å². The molecule has 1 aromatic carbocycles. The van der Waals surface area contributed by atoms with Crippen LogP contribution in [0.15, 0.2) is 35.2 Å². The van der Waals surface area contributed by atoms with Crippen molar-refractivity contribution >= 4 is 11.8 Å². The van der Waals surface area contributed by atoms with Gasteiger partial charge in [0.2, 0.25) is 0 Å². The molecular formula is C12H16O3S. The van der Waals surface area contributed by atoms with Crippen LogP contribution in [0.1, 0.15) is 13.3 Å². The first-order valence-electron chi connectivity index (χ1n) is 5.40. The summed E-state index contributed by atoms with van der Waals surface area (Å²) in [6, 6.07) is 9.93. The van der Waals surface area contributed by atoms with Gasteiger partial charge in [-0.15, -0.1) is 0 Å². The van der Waals surface area contributed by atoms with Crippen LogP contribution in [0.4, 0.5) is 0 Å². The summed E-state index contributed by atoms with van der Waals surface area (Å²) in [5, 5.41) is 19.2. The van der Waals surface area contributed by atoms with Crippen molar-refractivity contribution in [1.82, 2.24) is 0 Å². The minimum Gasteiger partial charge on any atom is -0.390 e. The van der Waals surface area contributed by atoms with Crippen LogP contribution in [0, 0.1) is 0 Å². The summed E-state index contributed by atoms with van der Waals surface area (Å²) in [5.74, 6) is 0. The molecular weight excluding hydrogens is 224 g/mol. The highest BCUT2D eigenvalue weighted by atomic mass is 32.2. The third-order valence-corrected chi connectivity index (χ3v) is 3.80. The lowest BCUT2D eigenvalue weighted by Gasteiger charge is -2.35. The van der Waals surface area contributed by atoms with Crippen molar-refractivity contribution in [2.45, 2.75) is 42.0 Å². The molecule has 3 nitrogen and oxygen atoms in total. The number of ether oxygens (including phenoxy) is 1. The molecule has 1 aliphatic rings. The fraction of sp³-hybridized carbons (Fsp3) is 0.500. The van der Waals surface area contributed by atoms with Crippen molar-refractivity contribution in [3.05, 3.63) is 30.3 Å². The summed E-state index contributed by atoms with van der Waals surface area (Å²) < 4.78 is 5.63. The Labute approximate surface area is 99.4 Å². The number of aliphatic hydroxyl groups excluding tert-OH is 2. The molecule has 2 rings (SSSR count). The van der Waals surface area contributed by atoms with Crippen molar-refractivity contribution in [3.63, 3.8) is 0 Å². The van der Waals surface area contributed by atoms with Crippen LogP contribution in [-0.4, -0.2) is 34.0 Å². The number of benzene rings is 1. The van der Waals surface area contributed by atoms with E-state index in [0.717, 1.165) is 4.90 Å². The van der Waals surface area contributed by atoms with Crippen molar-refractivity contribution in [2.24, 2.45) is 0 Å². The van der Waals surface area contributed by atoms with Gasteiger partial charge in [-0.3, -0.25) is 0 Å². The highest BCUT2D eigenvalue weighted by Crippen LogP contribution is 2.32. The largest absolute Gasteiger partial charge is 0.390 e. The van der Waals surface area contributed by atoms with E-state index in [2.05, 4.69) is 0 Å². The standard InChI is InChI=1S/C12H16O3S/c1-8-12(14)10(13)7-11(15-8)16-9-5-3-2-4-6-9/h2-6,8,10-14H,7H2,1H3/t8-,10-,11+,12+/m1/s1. The van der Waals surface area contributed by atoms with E-state index >= 15 is 0 Å². The van der Waals surface area contributed by atoms with Gasteiger partial charge in [0.1, 0.15) is 11.5 Å². The van der Waals surface area contributed by atoms with Crippen LogP contribution in [-0.2, 0) is 4.74 Å². The molecule has 2 N–H and O–H groups in total. The average Bonchev–Trinajstić information content (AvgIpc) is 2.27. The smallest absolute Gasteiger partial charge is 0.110 e. The third-order valence-electron chi connectivity index (χ3n) is 2.69. The first-order valence-corrected chi connectivity index (χ1v) is 6.28. The zero-order chi connectivity index (χ0) is 11.5. The molecule has 0 aromatic heterocycles. The quantitative estimate of drug-likeness (QED) is 0.825. The molecule has 1 saturated heterocycles. The lowest BCUT2D eigenvalue weighted by Crippen LogP contribution is -2.45. The summed E-state index contributed by atoms with van der Waals surface area (Å²) in [6.45, 7) is 1.78. The molecule has 0 saturated carbocycles. The van der Waals surface area contributed by atoms with Crippen LogP contribution in [0.3, 0.4) is 0 Å². The van der Waals surface area contributed by atoms with E-state index in [9.17, 15) is 10.2 Å². The molecule has 88 valence electrons. The van der Waals surface area contributed by atoms with E-state index < -0.39 is 12.2 Å². The molecule has 0 radical (unpaired) electrons. The van der Waals surface area contributed by atoms with Crippen LogP contribution >= 0.6 is 11.8 Å². The van der Waals surface area contributed by atoms with Crippen molar-refractivity contribution < 1.29 is 14.9 Å². The second kappa shape index (κ2) is 5.19. The molecule has 1 aliphatic heterocycles. The number of hydrogen-bond donors (Lipinski definition) is 2. The summed E-state index contributed by atoms with van der Waals surface area (Å²) in [6.07, 6.45) is -1.31. The number of thioether (sulfide) groups is 1. The van der Waals surface area contributed by atoms with E-state index in [1.165, 1.54) is 0 Å². The SMILES string of the molecule is C[C@H]1O[C@@H](Sc2ccccc2)C[C@@H](O)[C@H]1O. The molecule has 0 amide bonds. The van der Waals surface area contributed by atoms with Gasteiger partial charge in [0.05, 0.1) is 12.2 Å². The predicted molar refractivity (Wildman–Crippen MR) is 63.3 cm³/mol. The molecule has 16 heavy (non-hydrogen) atoms. The third kappa shape index (κ3) is 2.77. The monoisotopic (exact) mass is 240 g/mol. The Hall–Kier alpha value is -0.550. The van der Waals surface area contributed by atoms with Crippen LogP contribution in [0.25, 0.3) is 0 Å². The van der Waals surface area contributed by atoms with Gasteiger partial charge in [0, 0.05) is 11.3 Å². The molecule has 4 heteroatoms. The first-order chi connectivity index (χ1) is 7.66. The maximum atomic E-state index is 9.65. The zero-order valence-corrected chi connectivity index (χ0v) is 9.93. The van der Waals surface area contributed by atoms with E-state index in [0.29, 0.717) is 6.42 Å². The van der Waals surface area contributed by atoms with Crippen LogP contribution in [0.2, 0.25) is 0 Å². The lowest BCUT2D eigenvalue weighted by atomic mass is 10.0. The number of rotatable bonds is 2. The van der Waals surface area contributed by atoms with Crippen molar-refractivity contribution in [3.8, 4) is 0 Å². The zero-order valence-electron chi connectivity index (χ0n) is 9.11. The molecule has 0 bridgehead atoms. The van der Waals surface area contributed by atoms with E-state index in [1.54, 1.807) is 18.7 Å². The molecule has 0 unspecified atom stereocenters. The van der Waals surface area contributed by atoms with Crippen molar-refractivity contribution in [2.75, 3.05) is 0 Å². The Kier molecular flexibility index (Phi) is 3.86. The van der Waals surface area contributed by atoms with Gasteiger partial charge in [0.15, 0.2) is 0 Å². The first kappa shape index (κ1) is 11.9. The molecule has 1 aromatic rings. The van der Waals surface area contributed by atoms with E-state index in [-0.39, 0.29) is 11.5 Å².